The van der Waals surface area contributed by atoms with Crippen molar-refractivity contribution in [3.05, 3.63) is 29.0 Å². The summed E-state index contributed by atoms with van der Waals surface area (Å²) >= 11 is 6.13. The molecule has 1 saturated carbocycles. The summed E-state index contributed by atoms with van der Waals surface area (Å²) in [6.45, 7) is 4.34. The smallest absolute Gasteiger partial charge is 0.382 e. The van der Waals surface area contributed by atoms with Gasteiger partial charge < -0.3 is 10.5 Å². The van der Waals surface area contributed by atoms with Gasteiger partial charge in [-0.2, -0.15) is 18.3 Å². The summed E-state index contributed by atoms with van der Waals surface area (Å²) in [6, 6.07) is 3.77. The third-order valence-corrected chi connectivity index (χ3v) is 6.73. The zero-order chi connectivity index (χ0) is 21.3. The molecule has 2 N–H and O–H groups in total. The van der Waals surface area contributed by atoms with Gasteiger partial charge in [0.05, 0.1) is 37.0 Å². The van der Waals surface area contributed by atoms with Crippen molar-refractivity contribution in [1.82, 2.24) is 19.7 Å². The summed E-state index contributed by atoms with van der Waals surface area (Å²) < 4.78 is 45.6. The molecule has 0 amide bonds. The van der Waals surface area contributed by atoms with Crippen LogP contribution in [-0.4, -0.2) is 58.7 Å². The molecular weight excluding hydrogens is 419 g/mol. The molecule has 3 fully saturated rings. The molecule has 162 valence electrons. The number of ether oxygens (including phenoxy) is 1. The standard InChI is InChI=1S/C20H23ClF3N5O/c1-19(9-30-10-19)7-29-16(3-15(27-29)11-2-14(21)18(25)26-4-11)17-12-5-28(6-13(12)17)8-20(22,23)24/h2-4,12-13,17H,5-10H2,1H3,(H2,25,26)/t12-,13+,17?. The topological polar surface area (TPSA) is 69.2 Å². The van der Waals surface area contributed by atoms with Crippen LogP contribution < -0.4 is 5.73 Å². The highest BCUT2D eigenvalue weighted by molar-refractivity contribution is 6.33. The molecule has 0 spiro atoms. The molecule has 2 aromatic rings. The van der Waals surface area contributed by atoms with Crippen LogP contribution in [0.1, 0.15) is 18.5 Å². The van der Waals surface area contributed by atoms with Crippen LogP contribution in [0, 0.1) is 17.3 Å². The van der Waals surface area contributed by atoms with E-state index < -0.39 is 12.7 Å². The van der Waals surface area contributed by atoms with Crippen molar-refractivity contribution in [3.8, 4) is 11.3 Å². The zero-order valence-electron chi connectivity index (χ0n) is 16.5. The third-order valence-electron chi connectivity index (χ3n) is 6.42. The predicted molar refractivity (Wildman–Crippen MR) is 106 cm³/mol. The normalized spacial score (nSPS) is 27.7. The summed E-state index contributed by atoms with van der Waals surface area (Å²) in [6.07, 6.45) is -2.51. The fraction of sp³-hybridized carbons (Fsp3) is 0.600. The number of nitrogens with zero attached hydrogens (tertiary/aromatic N) is 4. The third kappa shape index (κ3) is 3.67. The van der Waals surface area contributed by atoms with E-state index in [0.717, 1.165) is 17.0 Å². The van der Waals surface area contributed by atoms with Crippen LogP contribution in [0.3, 0.4) is 0 Å². The summed E-state index contributed by atoms with van der Waals surface area (Å²) in [4.78, 5) is 5.63. The Bertz CT molecular complexity index is 962. The highest BCUT2D eigenvalue weighted by Gasteiger charge is 2.58. The average Bonchev–Trinajstić information content (AvgIpc) is 2.97. The maximum atomic E-state index is 12.7. The minimum atomic E-state index is -4.15. The van der Waals surface area contributed by atoms with Crippen LogP contribution >= 0.6 is 11.6 Å². The van der Waals surface area contributed by atoms with Gasteiger partial charge in [-0.15, -0.1) is 0 Å². The second kappa shape index (κ2) is 6.83. The molecule has 2 aromatic heterocycles. The van der Waals surface area contributed by atoms with Gasteiger partial charge in [0.1, 0.15) is 5.82 Å². The first-order valence-electron chi connectivity index (χ1n) is 9.98. The van der Waals surface area contributed by atoms with Gasteiger partial charge in [0, 0.05) is 41.9 Å². The van der Waals surface area contributed by atoms with Crippen LogP contribution in [0.5, 0.6) is 0 Å². The fourth-order valence-corrected chi connectivity index (χ4v) is 5.06. The van der Waals surface area contributed by atoms with Crippen molar-refractivity contribution in [1.29, 1.82) is 0 Å². The molecule has 30 heavy (non-hydrogen) atoms. The lowest BCUT2D eigenvalue weighted by atomic mass is 9.88. The van der Waals surface area contributed by atoms with Gasteiger partial charge in [0.25, 0.3) is 0 Å². The van der Waals surface area contributed by atoms with E-state index in [0.29, 0.717) is 37.9 Å². The zero-order valence-corrected chi connectivity index (χ0v) is 17.2. The number of nitrogens with two attached hydrogens (primary N) is 1. The fourth-order valence-electron chi connectivity index (χ4n) is 4.89. The molecule has 4 heterocycles. The van der Waals surface area contributed by atoms with Gasteiger partial charge >= 0.3 is 6.18 Å². The molecule has 1 aliphatic carbocycles. The first-order valence-corrected chi connectivity index (χ1v) is 10.4. The van der Waals surface area contributed by atoms with Crippen molar-refractivity contribution >= 4 is 17.4 Å². The van der Waals surface area contributed by atoms with E-state index >= 15 is 0 Å². The van der Waals surface area contributed by atoms with Crippen LogP contribution in [0.4, 0.5) is 19.0 Å². The quantitative estimate of drug-likeness (QED) is 0.770. The van der Waals surface area contributed by atoms with Crippen LogP contribution in [0.25, 0.3) is 11.3 Å². The van der Waals surface area contributed by atoms with Crippen molar-refractivity contribution < 1.29 is 17.9 Å². The lowest BCUT2D eigenvalue weighted by Gasteiger charge is -2.38. The number of hydrogen-bond acceptors (Lipinski definition) is 5. The van der Waals surface area contributed by atoms with E-state index in [1.165, 1.54) is 4.90 Å². The Hall–Kier alpha value is -1.84. The number of piperidine rings is 1. The Morgan fingerprint density at radius 1 is 1.27 bits per heavy atom. The molecule has 3 aliphatic rings. The van der Waals surface area contributed by atoms with Gasteiger partial charge in [-0.1, -0.05) is 18.5 Å². The van der Waals surface area contributed by atoms with Gasteiger partial charge in [-0.05, 0) is 24.0 Å². The summed E-state index contributed by atoms with van der Waals surface area (Å²) in [5, 5.41) is 5.18. The number of likely N-dealkylation sites (tertiary alicyclic amines) is 1. The Kier molecular flexibility index (Phi) is 4.57. The summed E-state index contributed by atoms with van der Waals surface area (Å²) in [7, 11) is 0. The summed E-state index contributed by atoms with van der Waals surface area (Å²) in [5.74, 6) is 0.988. The van der Waals surface area contributed by atoms with Crippen LogP contribution in [0.15, 0.2) is 18.3 Å². The molecular formula is C20H23ClF3N5O. The number of alkyl halides is 3. The lowest BCUT2D eigenvalue weighted by Crippen LogP contribution is -2.43. The second-order valence-electron chi connectivity index (χ2n) is 9.17. The minimum Gasteiger partial charge on any atom is -0.382 e. The highest BCUT2D eigenvalue weighted by atomic mass is 35.5. The number of halogens is 4. The molecule has 2 aliphatic heterocycles. The van der Waals surface area contributed by atoms with E-state index in [1.807, 2.05) is 10.7 Å². The number of anilines is 1. The van der Waals surface area contributed by atoms with E-state index in [2.05, 4.69) is 11.9 Å². The molecule has 10 heteroatoms. The monoisotopic (exact) mass is 441 g/mol. The first-order chi connectivity index (χ1) is 14.1. The van der Waals surface area contributed by atoms with Crippen molar-refractivity contribution in [2.75, 3.05) is 38.6 Å². The maximum Gasteiger partial charge on any atom is 0.401 e. The second-order valence-corrected chi connectivity index (χ2v) is 9.58. The highest BCUT2D eigenvalue weighted by Crippen LogP contribution is 2.59. The van der Waals surface area contributed by atoms with Crippen LogP contribution in [0.2, 0.25) is 5.02 Å². The number of pyridine rings is 1. The molecule has 0 radical (unpaired) electrons. The number of rotatable bonds is 5. The van der Waals surface area contributed by atoms with Crippen molar-refractivity contribution in [2.45, 2.75) is 25.6 Å². The molecule has 1 unspecified atom stereocenters. The predicted octanol–water partition coefficient (Wildman–Crippen LogP) is 3.42. The van der Waals surface area contributed by atoms with Crippen molar-refractivity contribution in [3.63, 3.8) is 0 Å². The Morgan fingerprint density at radius 3 is 2.53 bits per heavy atom. The number of fused-ring (bicyclic) bond motifs is 1. The van der Waals surface area contributed by atoms with Crippen molar-refractivity contribution in [2.24, 2.45) is 17.3 Å². The lowest BCUT2D eigenvalue weighted by molar-refractivity contribution is -0.144. The Labute approximate surface area is 177 Å². The first kappa shape index (κ1) is 20.1. The number of nitrogen functional groups attached to an aromatic ring is 1. The summed E-state index contributed by atoms with van der Waals surface area (Å²) in [5.41, 5.74) is 8.33. The van der Waals surface area contributed by atoms with E-state index in [4.69, 9.17) is 27.2 Å². The SMILES string of the molecule is CC1(Cn2nc(-c3cnc(N)c(Cl)c3)cc2C2[C@H]3CN(CC(F)(F)F)C[C@@H]23)COC1. The molecule has 5 rings (SSSR count). The molecule has 0 aromatic carbocycles. The minimum absolute atomic E-state index is 0.0152. The number of hydrogen-bond donors (Lipinski definition) is 1. The van der Waals surface area contributed by atoms with Crippen LogP contribution in [-0.2, 0) is 11.3 Å². The van der Waals surface area contributed by atoms with Gasteiger partial charge in [0.15, 0.2) is 0 Å². The molecule has 6 nitrogen and oxygen atoms in total. The molecule has 2 saturated heterocycles. The van der Waals surface area contributed by atoms with E-state index in [1.54, 1.807) is 12.3 Å². The van der Waals surface area contributed by atoms with Gasteiger partial charge in [0.2, 0.25) is 0 Å². The Balaban J connectivity index is 1.40. The van der Waals surface area contributed by atoms with Gasteiger partial charge in [-0.3, -0.25) is 9.58 Å². The molecule has 3 atom stereocenters. The maximum absolute atomic E-state index is 12.7. The van der Waals surface area contributed by atoms with E-state index in [-0.39, 0.29) is 29.0 Å². The molecule has 0 bridgehead atoms. The largest absolute Gasteiger partial charge is 0.401 e. The Morgan fingerprint density at radius 2 is 1.97 bits per heavy atom. The number of aromatic nitrogens is 3. The average molecular weight is 442 g/mol. The van der Waals surface area contributed by atoms with Gasteiger partial charge in [-0.25, -0.2) is 4.98 Å². The van der Waals surface area contributed by atoms with E-state index in [9.17, 15) is 13.2 Å².